The van der Waals surface area contributed by atoms with Gasteiger partial charge in [0.25, 0.3) is 5.91 Å². The van der Waals surface area contributed by atoms with Crippen LogP contribution in [0.15, 0.2) is 65.9 Å². The number of hydrazone groups is 1. The average Bonchev–Trinajstić information content (AvgIpc) is 2.97. The highest BCUT2D eigenvalue weighted by Crippen LogP contribution is 2.35. The van der Waals surface area contributed by atoms with Gasteiger partial charge in [-0.15, -0.1) is 0 Å². The molecule has 2 aromatic carbocycles. The van der Waals surface area contributed by atoms with Crippen LogP contribution in [-0.2, 0) is 11.2 Å². The zero-order chi connectivity index (χ0) is 29.4. The van der Waals surface area contributed by atoms with Crippen LogP contribution >= 0.6 is 11.6 Å². The molecule has 214 valence electrons. The van der Waals surface area contributed by atoms with Gasteiger partial charge in [0.15, 0.2) is 0 Å². The van der Waals surface area contributed by atoms with E-state index >= 15 is 0 Å². The SMILES string of the molecule is CC(C)=NN(C1=CCCc2ccc(NC(=O)c3cc(N4CCNCC4)ncc3Cl)cc21)c1ccc(F)cc1.NC=O. The molecule has 5 rings (SSSR count). The van der Waals surface area contributed by atoms with E-state index in [0.717, 1.165) is 73.1 Å². The summed E-state index contributed by atoms with van der Waals surface area (Å²) in [5.41, 5.74) is 9.81. The Kier molecular flexibility index (Phi) is 10.0. The highest BCUT2D eigenvalue weighted by Gasteiger charge is 2.22. The van der Waals surface area contributed by atoms with E-state index in [-0.39, 0.29) is 18.1 Å². The Morgan fingerprint density at radius 1 is 1.17 bits per heavy atom. The first-order chi connectivity index (χ1) is 19.8. The minimum absolute atomic E-state index is 0.250. The van der Waals surface area contributed by atoms with Gasteiger partial charge in [-0.1, -0.05) is 23.7 Å². The van der Waals surface area contributed by atoms with Gasteiger partial charge in [-0.3, -0.25) is 9.59 Å². The van der Waals surface area contributed by atoms with Crippen molar-refractivity contribution in [1.29, 1.82) is 0 Å². The molecule has 0 spiro atoms. The molecule has 0 atom stereocenters. The van der Waals surface area contributed by atoms with E-state index in [9.17, 15) is 9.18 Å². The van der Waals surface area contributed by atoms with Crippen LogP contribution in [0.5, 0.6) is 0 Å². The molecule has 11 heteroatoms. The van der Waals surface area contributed by atoms with Crippen LogP contribution in [0, 0.1) is 5.82 Å². The second-order valence-electron chi connectivity index (χ2n) is 9.69. The molecule has 0 saturated carbocycles. The lowest BCUT2D eigenvalue weighted by atomic mass is 9.93. The third-order valence-electron chi connectivity index (χ3n) is 6.52. The number of primary amides is 1. The monoisotopic (exact) mass is 577 g/mol. The number of hydrogen-bond donors (Lipinski definition) is 3. The predicted octanol–water partition coefficient (Wildman–Crippen LogP) is 4.83. The average molecular weight is 578 g/mol. The minimum Gasteiger partial charge on any atom is -0.372 e. The van der Waals surface area contributed by atoms with Gasteiger partial charge in [-0.25, -0.2) is 14.4 Å². The third kappa shape index (κ3) is 7.47. The van der Waals surface area contributed by atoms with Crippen molar-refractivity contribution in [3.8, 4) is 0 Å². The first-order valence-electron chi connectivity index (χ1n) is 13.3. The van der Waals surface area contributed by atoms with Crippen LogP contribution in [0.25, 0.3) is 5.70 Å². The number of pyridine rings is 1. The number of nitrogens with one attached hydrogen (secondary N) is 2. The van der Waals surface area contributed by atoms with Crippen molar-refractivity contribution in [1.82, 2.24) is 10.3 Å². The fourth-order valence-electron chi connectivity index (χ4n) is 4.69. The molecule has 0 bridgehead atoms. The molecule has 3 aromatic rings. The summed E-state index contributed by atoms with van der Waals surface area (Å²) >= 11 is 6.39. The fraction of sp³-hybridized carbons (Fsp3) is 0.267. The van der Waals surface area contributed by atoms with Gasteiger partial charge in [-0.05, 0) is 74.7 Å². The first kappa shape index (κ1) is 29.7. The maximum absolute atomic E-state index is 13.6. The number of hydrogen-bond acceptors (Lipinski definition) is 7. The van der Waals surface area contributed by atoms with Crippen molar-refractivity contribution in [3.05, 3.63) is 88.3 Å². The molecule has 4 N–H and O–H groups in total. The van der Waals surface area contributed by atoms with E-state index in [4.69, 9.17) is 21.5 Å². The van der Waals surface area contributed by atoms with Crippen molar-refractivity contribution in [2.24, 2.45) is 10.8 Å². The maximum Gasteiger partial charge on any atom is 0.257 e. The molecule has 1 aromatic heterocycles. The molecular weight excluding hydrogens is 545 g/mol. The Bertz CT molecular complexity index is 1450. The van der Waals surface area contributed by atoms with Crippen molar-refractivity contribution in [2.45, 2.75) is 26.7 Å². The van der Waals surface area contributed by atoms with Crippen LogP contribution in [0.2, 0.25) is 5.02 Å². The number of fused-ring (bicyclic) bond motifs is 1. The van der Waals surface area contributed by atoms with E-state index in [0.29, 0.717) is 16.3 Å². The van der Waals surface area contributed by atoms with Crippen molar-refractivity contribution in [3.63, 3.8) is 0 Å². The molecule has 41 heavy (non-hydrogen) atoms. The summed E-state index contributed by atoms with van der Waals surface area (Å²) in [5, 5.41) is 13.2. The summed E-state index contributed by atoms with van der Waals surface area (Å²) in [5.74, 6) is 0.135. The zero-order valence-electron chi connectivity index (χ0n) is 23.0. The molecule has 2 aliphatic rings. The lowest BCUT2D eigenvalue weighted by Gasteiger charge is -2.28. The van der Waals surface area contributed by atoms with Gasteiger partial charge in [0, 0.05) is 49.3 Å². The number of aromatic nitrogens is 1. The van der Waals surface area contributed by atoms with Gasteiger partial charge in [-0.2, -0.15) is 5.10 Å². The Morgan fingerprint density at radius 2 is 1.88 bits per heavy atom. The Balaban J connectivity index is 0.00000124. The second-order valence-corrected chi connectivity index (χ2v) is 10.1. The normalized spacial score (nSPS) is 14.0. The number of piperazine rings is 1. The Morgan fingerprint density at radius 3 is 2.56 bits per heavy atom. The molecule has 1 saturated heterocycles. The van der Waals surface area contributed by atoms with Crippen LogP contribution < -0.4 is 26.3 Å². The Hall–Kier alpha value is -4.28. The van der Waals surface area contributed by atoms with Gasteiger partial charge in [0.05, 0.1) is 22.0 Å². The lowest BCUT2D eigenvalue weighted by Crippen LogP contribution is -2.44. The quantitative estimate of drug-likeness (QED) is 0.220. The summed E-state index contributed by atoms with van der Waals surface area (Å²) in [4.78, 5) is 28.5. The molecule has 0 radical (unpaired) electrons. The van der Waals surface area contributed by atoms with Gasteiger partial charge in [0.1, 0.15) is 11.6 Å². The number of carbonyl (C=O) groups is 2. The summed E-state index contributed by atoms with van der Waals surface area (Å²) in [6.45, 7) is 7.22. The van der Waals surface area contributed by atoms with Crippen molar-refractivity contribution < 1.29 is 14.0 Å². The number of amides is 2. The molecule has 2 heterocycles. The molecule has 1 aliphatic heterocycles. The van der Waals surface area contributed by atoms with Gasteiger partial charge < -0.3 is 21.3 Å². The zero-order valence-corrected chi connectivity index (χ0v) is 23.8. The highest BCUT2D eigenvalue weighted by atomic mass is 35.5. The number of benzene rings is 2. The molecule has 0 unspecified atom stereocenters. The molecule has 2 amide bonds. The number of anilines is 3. The first-order valence-corrected chi connectivity index (χ1v) is 13.7. The number of aryl methyl sites for hydroxylation is 1. The largest absolute Gasteiger partial charge is 0.372 e. The van der Waals surface area contributed by atoms with Gasteiger partial charge >= 0.3 is 0 Å². The molecule has 9 nitrogen and oxygen atoms in total. The lowest BCUT2D eigenvalue weighted by molar-refractivity contribution is -0.106. The van der Waals surface area contributed by atoms with E-state index in [1.54, 1.807) is 18.2 Å². The number of nitrogens with two attached hydrogens (primary N) is 1. The minimum atomic E-state index is -0.302. The fourth-order valence-corrected chi connectivity index (χ4v) is 4.87. The number of nitrogens with zero attached hydrogens (tertiary/aromatic N) is 4. The summed E-state index contributed by atoms with van der Waals surface area (Å²) in [6, 6.07) is 13.9. The van der Waals surface area contributed by atoms with Crippen molar-refractivity contribution in [2.75, 3.05) is 41.4 Å². The number of rotatable bonds is 6. The number of allylic oxidation sites excluding steroid dienone is 1. The number of carbonyl (C=O) groups excluding carboxylic acids is 2. The molecular formula is C30H33ClFN7O2. The van der Waals surface area contributed by atoms with Crippen LogP contribution in [0.1, 0.15) is 41.8 Å². The van der Waals surface area contributed by atoms with Crippen LogP contribution in [0.4, 0.5) is 21.6 Å². The third-order valence-corrected chi connectivity index (χ3v) is 6.82. The highest BCUT2D eigenvalue weighted by molar-refractivity contribution is 6.34. The van der Waals surface area contributed by atoms with Crippen molar-refractivity contribution >= 4 is 52.5 Å². The standard InChI is InChI=1S/C29H30ClFN6O.CH3NO/c1-19(2)35-37(23-10-7-21(31)8-11-23)27-5-3-4-20-6-9-22(16-24(20)27)34-29(38)25-17-28(33-18-26(25)30)36-14-12-32-13-15-36;2-1-3/h5-11,16-18,32H,3-4,12-15H2,1-2H3,(H,34,38);1H,(H2,2,3). The maximum atomic E-state index is 13.6. The van der Waals surface area contributed by atoms with E-state index in [2.05, 4.69) is 32.3 Å². The van der Waals surface area contributed by atoms with E-state index in [1.807, 2.05) is 37.1 Å². The topological polar surface area (TPSA) is 116 Å². The predicted molar refractivity (Wildman–Crippen MR) is 163 cm³/mol. The second kappa shape index (κ2) is 13.9. The summed E-state index contributed by atoms with van der Waals surface area (Å²) < 4.78 is 13.6. The van der Waals surface area contributed by atoms with Crippen LogP contribution in [-0.4, -0.2) is 49.2 Å². The molecule has 1 aliphatic carbocycles. The Labute approximate surface area is 243 Å². The summed E-state index contributed by atoms with van der Waals surface area (Å²) in [7, 11) is 0. The smallest absolute Gasteiger partial charge is 0.257 e. The van der Waals surface area contributed by atoms with E-state index < -0.39 is 0 Å². The van der Waals surface area contributed by atoms with Crippen LogP contribution in [0.3, 0.4) is 0 Å². The van der Waals surface area contributed by atoms with Gasteiger partial charge in [0.2, 0.25) is 6.41 Å². The molecule has 1 fully saturated rings. The summed E-state index contributed by atoms with van der Waals surface area (Å²) in [6.07, 6.45) is 5.64. The van der Waals surface area contributed by atoms with E-state index in [1.165, 1.54) is 18.3 Å². The number of halogens is 2.